The summed E-state index contributed by atoms with van der Waals surface area (Å²) in [5.41, 5.74) is 1.67. The number of rotatable bonds is 6. The van der Waals surface area contributed by atoms with E-state index in [2.05, 4.69) is 5.32 Å². The second-order valence-corrected chi connectivity index (χ2v) is 6.42. The molecule has 0 saturated carbocycles. The molecular formula is C22H18ClNO3. The predicted octanol–water partition coefficient (Wildman–Crippen LogP) is 5.24. The smallest absolute Gasteiger partial charge is 0.255 e. The van der Waals surface area contributed by atoms with Crippen molar-refractivity contribution in [2.24, 2.45) is 0 Å². The summed E-state index contributed by atoms with van der Waals surface area (Å²) in [5.74, 6) is 0.143. The molecule has 3 aromatic carbocycles. The Kier molecular flexibility index (Phi) is 5.89. The van der Waals surface area contributed by atoms with E-state index in [0.29, 0.717) is 27.6 Å². The molecule has 0 aliphatic carbocycles. The van der Waals surface area contributed by atoms with Crippen LogP contribution < -0.4 is 10.1 Å². The molecule has 0 aliphatic rings. The van der Waals surface area contributed by atoms with E-state index in [0.717, 1.165) is 0 Å². The number of hydrogen-bond acceptors (Lipinski definition) is 3. The van der Waals surface area contributed by atoms with Crippen LogP contribution in [0.1, 0.15) is 27.6 Å². The van der Waals surface area contributed by atoms with Gasteiger partial charge in [-0.2, -0.15) is 0 Å². The fraction of sp³-hybridized carbons (Fsp3) is 0.0909. The van der Waals surface area contributed by atoms with Crippen molar-refractivity contribution in [2.45, 2.75) is 13.0 Å². The summed E-state index contributed by atoms with van der Waals surface area (Å²) in [6.45, 7) is 1.70. The Balaban J connectivity index is 1.67. The van der Waals surface area contributed by atoms with Crippen LogP contribution in [0.25, 0.3) is 0 Å². The van der Waals surface area contributed by atoms with Crippen molar-refractivity contribution in [3.05, 3.63) is 95.0 Å². The number of amides is 1. The van der Waals surface area contributed by atoms with Crippen molar-refractivity contribution < 1.29 is 14.3 Å². The lowest BCUT2D eigenvalue weighted by atomic mass is 10.1. The molecule has 1 amide bonds. The van der Waals surface area contributed by atoms with E-state index in [9.17, 15) is 9.59 Å². The van der Waals surface area contributed by atoms with Gasteiger partial charge in [-0.15, -0.1) is 0 Å². The molecule has 5 heteroatoms. The van der Waals surface area contributed by atoms with Gasteiger partial charge in [0, 0.05) is 27.9 Å². The van der Waals surface area contributed by atoms with E-state index in [1.807, 2.05) is 18.2 Å². The first kappa shape index (κ1) is 18.7. The number of benzene rings is 3. The molecular weight excluding hydrogens is 362 g/mol. The molecule has 0 radical (unpaired) electrons. The number of Topliss-reactive ketones (excluding diaryl/α,β-unsaturated/α-hetero) is 1. The fourth-order valence-corrected chi connectivity index (χ4v) is 2.67. The van der Waals surface area contributed by atoms with Gasteiger partial charge in [0.05, 0.1) is 0 Å². The van der Waals surface area contributed by atoms with Crippen molar-refractivity contribution in [1.82, 2.24) is 0 Å². The van der Waals surface area contributed by atoms with Crippen LogP contribution in [0.5, 0.6) is 5.75 Å². The van der Waals surface area contributed by atoms with Gasteiger partial charge in [0.25, 0.3) is 5.91 Å². The zero-order valence-electron chi connectivity index (χ0n) is 14.7. The molecule has 27 heavy (non-hydrogen) atoms. The van der Waals surface area contributed by atoms with Crippen LogP contribution in [0.2, 0.25) is 5.02 Å². The number of ether oxygens (including phenoxy) is 1. The number of carbonyl (C=O) groups excluding carboxylic acids is 2. The van der Waals surface area contributed by atoms with Crippen LogP contribution in [0, 0.1) is 0 Å². The van der Waals surface area contributed by atoms with Crippen LogP contribution in [0.3, 0.4) is 0 Å². The monoisotopic (exact) mass is 379 g/mol. The number of hydrogen-bond donors (Lipinski definition) is 1. The zero-order valence-corrected chi connectivity index (χ0v) is 15.4. The molecule has 3 aromatic rings. The lowest BCUT2D eigenvalue weighted by Crippen LogP contribution is -2.23. The third-order valence-electron chi connectivity index (χ3n) is 3.94. The first-order valence-electron chi connectivity index (χ1n) is 8.46. The molecule has 0 saturated heterocycles. The van der Waals surface area contributed by atoms with E-state index in [-0.39, 0.29) is 11.7 Å². The minimum atomic E-state index is -0.644. The molecule has 1 unspecified atom stereocenters. The molecule has 0 spiro atoms. The summed E-state index contributed by atoms with van der Waals surface area (Å²) in [6.07, 6.45) is -0.644. The maximum atomic E-state index is 12.4. The Morgan fingerprint density at radius 2 is 1.59 bits per heavy atom. The van der Waals surface area contributed by atoms with Crippen LogP contribution in [-0.2, 0) is 0 Å². The van der Waals surface area contributed by atoms with Crippen LogP contribution in [0.4, 0.5) is 5.69 Å². The van der Waals surface area contributed by atoms with Gasteiger partial charge in [-0.05, 0) is 43.3 Å². The Bertz CT molecular complexity index is 939. The summed E-state index contributed by atoms with van der Waals surface area (Å²) in [4.78, 5) is 24.7. The Morgan fingerprint density at radius 1 is 0.889 bits per heavy atom. The number of halogens is 1. The summed E-state index contributed by atoms with van der Waals surface area (Å²) < 4.78 is 5.76. The van der Waals surface area contributed by atoms with Gasteiger partial charge in [-0.25, -0.2) is 0 Å². The van der Waals surface area contributed by atoms with Crippen molar-refractivity contribution in [2.75, 3.05) is 5.32 Å². The number of anilines is 1. The van der Waals surface area contributed by atoms with Crippen molar-refractivity contribution in [3.8, 4) is 5.75 Å². The van der Waals surface area contributed by atoms with Gasteiger partial charge in [0.15, 0.2) is 6.10 Å². The topological polar surface area (TPSA) is 55.4 Å². The highest BCUT2D eigenvalue weighted by Gasteiger charge is 2.17. The second-order valence-electron chi connectivity index (χ2n) is 5.98. The molecule has 1 N–H and O–H groups in total. The Labute approximate surface area is 162 Å². The molecule has 1 atom stereocenters. The van der Waals surface area contributed by atoms with E-state index >= 15 is 0 Å². The minimum Gasteiger partial charge on any atom is -0.482 e. The number of ketones is 1. The molecule has 0 aliphatic heterocycles. The second kappa shape index (κ2) is 8.52. The number of nitrogens with one attached hydrogen (secondary N) is 1. The highest BCUT2D eigenvalue weighted by Crippen LogP contribution is 2.21. The molecule has 136 valence electrons. The van der Waals surface area contributed by atoms with E-state index in [1.165, 1.54) is 0 Å². The minimum absolute atomic E-state index is 0.105. The summed E-state index contributed by atoms with van der Waals surface area (Å²) in [5, 5.41) is 3.37. The highest BCUT2D eigenvalue weighted by molar-refractivity contribution is 6.30. The molecule has 3 rings (SSSR count). The lowest BCUT2D eigenvalue weighted by molar-refractivity contribution is 0.0818. The predicted molar refractivity (Wildman–Crippen MR) is 107 cm³/mol. The van der Waals surface area contributed by atoms with Crippen LogP contribution >= 0.6 is 11.6 Å². The third-order valence-corrected chi connectivity index (χ3v) is 4.19. The molecule has 0 aromatic heterocycles. The van der Waals surface area contributed by atoms with Gasteiger partial charge in [0.1, 0.15) is 5.75 Å². The van der Waals surface area contributed by atoms with E-state index in [4.69, 9.17) is 16.3 Å². The van der Waals surface area contributed by atoms with Gasteiger partial charge in [0.2, 0.25) is 5.78 Å². The zero-order chi connectivity index (χ0) is 19.2. The van der Waals surface area contributed by atoms with Gasteiger partial charge in [-0.3, -0.25) is 9.59 Å². The normalized spacial score (nSPS) is 11.5. The van der Waals surface area contributed by atoms with Crippen molar-refractivity contribution in [3.63, 3.8) is 0 Å². The molecule has 0 bridgehead atoms. The third kappa shape index (κ3) is 4.96. The Morgan fingerprint density at radius 3 is 2.30 bits per heavy atom. The fourth-order valence-electron chi connectivity index (χ4n) is 2.55. The van der Waals surface area contributed by atoms with Crippen LogP contribution in [0.15, 0.2) is 78.9 Å². The largest absolute Gasteiger partial charge is 0.482 e. The van der Waals surface area contributed by atoms with Crippen molar-refractivity contribution in [1.29, 1.82) is 0 Å². The lowest BCUT2D eigenvalue weighted by Gasteiger charge is -2.15. The summed E-state index contributed by atoms with van der Waals surface area (Å²) in [7, 11) is 0. The molecule has 0 fully saturated rings. The average molecular weight is 380 g/mol. The van der Waals surface area contributed by atoms with E-state index < -0.39 is 6.10 Å². The van der Waals surface area contributed by atoms with Gasteiger partial charge in [-0.1, -0.05) is 48.0 Å². The maximum absolute atomic E-state index is 12.4. The van der Waals surface area contributed by atoms with Gasteiger partial charge >= 0.3 is 0 Å². The van der Waals surface area contributed by atoms with Crippen molar-refractivity contribution >= 4 is 29.0 Å². The SMILES string of the molecule is CC(Oc1cccc(NC(=O)c2ccc(Cl)cc2)c1)C(=O)c1ccccc1. The number of carbonyl (C=O) groups is 2. The molecule has 0 heterocycles. The highest BCUT2D eigenvalue weighted by atomic mass is 35.5. The maximum Gasteiger partial charge on any atom is 0.255 e. The Hall–Kier alpha value is -3.11. The summed E-state index contributed by atoms with van der Waals surface area (Å²) in [6, 6.07) is 22.5. The van der Waals surface area contributed by atoms with E-state index in [1.54, 1.807) is 67.6 Å². The van der Waals surface area contributed by atoms with Gasteiger partial charge < -0.3 is 10.1 Å². The standard InChI is InChI=1S/C22H18ClNO3/c1-15(21(25)16-6-3-2-4-7-16)27-20-9-5-8-19(14-20)24-22(26)17-10-12-18(23)13-11-17/h2-15H,1H3,(H,24,26). The summed E-state index contributed by atoms with van der Waals surface area (Å²) >= 11 is 5.84. The first-order valence-corrected chi connectivity index (χ1v) is 8.83. The molecule has 4 nitrogen and oxygen atoms in total. The quantitative estimate of drug-likeness (QED) is 0.595. The van der Waals surface area contributed by atoms with Crippen LogP contribution in [-0.4, -0.2) is 17.8 Å². The first-order chi connectivity index (χ1) is 13.0. The average Bonchev–Trinajstić information content (AvgIpc) is 2.68.